The number of halogens is 3. The summed E-state index contributed by atoms with van der Waals surface area (Å²) >= 11 is 0. The highest BCUT2D eigenvalue weighted by molar-refractivity contribution is 5.81. The van der Waals surface area contributed by atoms with Gasteiger partial charge >= 0.3 is 6.18 Å². The molecule has 6 nitrogen and oxygen atoms in total. The molecule has 1 aromatic carbocycles. The van der Waals surface area contributed by atoms with E-state index in [4.69, 9.17) is 4.52 Å². The largest absolute Gasteiger partial charge is 0.449 e. The summed E-state index contributed by atoms with van der Waals surface area (Å²) in [4.78, 5) is 15.7. The van der Waals surface area contributed by atoms with Crippen LogP contribution in [0.5, 0.6) is 0 Å². The first-order valence-electron chi connectivity index (χ1n) is 7.62. The summed E-state index contributed by atoms with van der Waals surface area (Å²) in [7, 11) is 0. The van der Waals surface area contributed by atoms with Crippen LogP contribution >= 0.6 is 0 Å². The summed E-state index contributed by atoms with van der Waals surface area (Å²) < 4.78 is 45.5. The van der Waals surface area contributed by atoms with Crippen molar-refractivity contribution in [1.82, 2.24) is 20.0 Å². The summed E-state index contributed by atoms with van der Waals surface area (Å²) in [5.74, 6) is -1.24. The Balaban J connectivity index is 1.78. The molecule has 9 heteroatoms. The van der Waals surface area contributed by atoms with Crippen molar-refractivity contribution >= 4 is 16.9 Å². The standard InChI is InChI=1S/C16H15F3N4O2/c1-2-10-7-11(25-22-10)8-20-14(24)9-23-13-6-4-3-5-12(13)21-15(23)16(17,18)19/h3-7H,2,8-9H2,1H3,(H,20,24). The van der Waals surface area contributed by atoms with Gasteiger partial charge in [0.2, 0.25) is 11.7 Å². The summed E-state index contributed by atoms with van der Waals surface area (Å²) in [5, 5.41) is 6.31. The summed E-state index contributed by atoms with van der Waals surface area (Å²) in [5.41, 5.74) is 1.17. The van der Waals surface area contributed by atoms with Crippen molar-refractivity contribution in [3.05, 3.63) is 47.6 Å². The van der Waals surface area contributed by atoms with Gasteiger partial charge in [0.05, 0.1) is 23.3 Å². The Hall–Kier alpha value is -2.84. The molecule has 0 aliphatic carbocycles. The van der Waals surface area contributed by atoms with Crippen molar-refractivity contribution in [2.24, 2.45) is 0 Å². The van der Waals surface area contributed by atoms with E-state index in [0.29, 0.717) is 12.2 Å². The molecule has 3 rings (SSSR count). The number of para-hydroxylation sites is 2. The third kappa shape index (κ3) is 3.65. The number of fused-ring (bicyclic) bond motifs is 1. The molecule has 0 saturated carbocycles. The zero-order valence-electron chi connectivity index (χ0n) is 13.3. The SMILES string of the molecule is CCc1cc(CNC(=O)Cn2c(C(F)(F)F)nc3ccccc32)on1. The monoisotopic (exact) mass is 352 g/mol. The number of carbonyl (C=O) groups excluding carboxylic acids is 1. The molecule has 1 N–H and O–H groups in total. The van der Waals surface area contributed by atoms with Crippen LogP contribution in [0.25, 0.3) is 11.0 Å². The van der Waals surface area contributed by atoms with Crippen LogP contribution in [0, 0.1) is 0 Å². The van der Waals surface area contributed by atoms with Gasteiger partial charge in [-0.1, -0.05) is 24.2 Å². The topological polar surface area (TPSA) is 73.0 Å². The van der Waals surface area contributed by atoms with Crippen molar-refractivity contribution in [3.8, 4) is 0 Å². The van der Waals surface area contributed by atoms with Gasteiger partial charge < -0.3 is 14.4 Å². The number of alkyl halides is 3. The van der Waals surface area contributed by atoms with Crippen molar-refractivity contribution in [2.75, 3.05) is 0 Å². The molecule has 2 heterocycles. The van der Waals surface area contributed by atoms with Gasteiger partial charge in [-0.2, -0.15) is 13.2 Å². The fourth-order valence-corrected chi connectivity index (χ4v) is 2.44. The van der Waals surface area contributed by atoms with Gasteiger partial charge in [0.15, 0.2) is 5.76 Å². The van der Waals surface area contributed by atoms with Crippen molar-refractivity contribution in [1.29, 1.82) is 0 Å². The lowest BCUT2D eigenvalue weighted by Gasteiger charge is -2.11. The van der Waals surface area contributed by atoms with Gasteiger partial charge in [-0.05, 0) is 18.6 Å². The van der Waals surface area contributed by atoms with Crippen molar-refractivity contribution in [2.45, 2.75) is 32.6 Å². The number of benzene rings is 1. The third-order valence-corrected chi connectivity index (χ3v) is 3.64. The first-order chi connectivity index (χ1) is 11.9. The molecule has 132 valence electrons. The highest BCUT2D eigenvalue weighted by Crippen LogP contribution is 2.31. The van der Waals surface area contributed by atoms with E-state index in [2.05, 4.69) is 15.5 Å². The molecule has 25 heavy (non-hydrogen) atoms. The molecule has 0 atom stereocenters. The number of hydrogen-bond acceptors (Lipinski definition) is 4. The lowest BCUT2D eigenvalue weighted by molar-refractivity contribution is -0.147. The summed E-state index contributed by atoms with van der Waals surface area (Å²) in [6, 6.07) is 7.84. The second kappa shape index (κ2) is 6.58. The highest BCUT2D eigenvalue weighted by atomic mass is 19.4. The molecule has 0 fully saturated rings. The molecule has 3 aromatic rings. The van der Waals surface area contributed by atoms with Crippen LogP contribution in [0.1, 0.15) is 24.2 Å². The van der Waals surface area contributed by atoms with Gasteiger partial charge in [0, 0.05) is 6.07 Å². The number of aromatic nitrogens is 3. The van der Waals surface area contributed by atoms with Crippen LogP contribution in [-0.2, 0) is 30.5 Å². The maximum atomic E-state index is 13.2. The number of nitrogens with zero attached hydrogens (tertiary/aromatic N) is 3. The minimum atomic E-state index is -4.65. The van der Waals surface area contributed by atoms with Gasteiger partial charge in [0.25, 0.3) is 0 Å². The lowest BCUT2D eigenvalue weighted by atomic mass is 10.3. The average Bonchev–Trinajstić information content (AvgIpc) is 3.17. The van der Waals surface area contributed by atoms with E-state index in [1.807, 2.05) is 6.92 Å². The lowest BCUT2D eigenvalue weighted by Crippen LogP contribution is -2.29. The molecule has 0 aliphatic rings. The second-order valence-corrected chi connectivity index (χ2v) is 5.42. The maximum absolute atomic E-state index is 13.2. The number of hydrogen-bond donors (Lipinski definition) is 1. The minimum absolute atomic E-state index is 0.0554. The van der Waals surface area contributed by atoms with Crippen LogP contribution in [0.4, 0.5) is 13.2 Å². The molecule has 0 saturated heterocycles. The van der Waals surface area contributed by atoms with Crippen LogP contribution in [0.15, 0.2) is 34.9 Å². The Kier molecular flexibility index (Phi) is 4.47. The third-order valence-electron chi connectivity index (χ3n) is 3.64. The van der Waals surface area contributed by atoms with E-state index in [0.717, 1.165) is 10.3 Å². The smallest absolute Gasteiger partial charge is 0.359 e. The average molecular weight is 352 g/mol. The number of aryl methyl sites for hydroxylation is 1. The fourth-order valence-electron chi connectivity index (χ4n) is 2.44. The quantitative estimate of drug-likeness (QED) is 0.766. The first-order valence-corrected chi connectivity index (χ1v) is 7.62. The molecule has 2 aromatic heterocycles. The Labute approximate surface area is 140 Å². The maximum Gasteiger partial charge on any atom is 0.449 e. The molecule has 0 spiro atoms. The fraction of sp³-hybridized carbons (Fsp3) is 0.312. The predicted octanol–water partition coefficient (Wildman–Crippen LogP) is 2.92. The Morgan fingerprint density at radius 1 is 1.32 bits per heavy atom. The van der Waals surface area contributed by atoms with Gasteiger partial charge in [-0.3, -0.25) is 4.79 Å². The summed E-state index contributed by atoms with van der Waals surface area (Å²) in [6.45, 7) is 1.47. The predicted molar refractivity (Wildman–Crippen MR) is 82.5 cm³/mol. The van der Waals surface area contributed by atoms with Gasteiger partial charge in [0.1, 0.15) is 6.54 Å². The Morgan fingerprint density at radius 2 is 2.08 bits per heavy atom. The van der Waals surface area contributed by atoms with Crippen LogP contribution < -0.4 is 5.32 Å². The number of imidazole rings is 1. The first kappa shape index (κ1) is 17.0. The zero-order valence-corrected chi connectivity index (χ0v) is 13.3. The van der Waals surface area contributed by atoms with E-state index in [9.17, 15) is 18.0 Å². The molecular formula is C16H15F3N4O2. The number of amides is 1. The van der Waals surface area contributed by atoms with Gasteiger partial charge in [-0.15, -0.1) is 0 Å². The number of rotatable bonds is 5. The summed E-state index contributed by atoms with van der Waals surface area (Å²) in [6.07, 6.45) is -3.96. The normalized spacial score (nSPS) is 11.8. The molecule has 1 amide bonds. The van der Waals surface area contributed by atoms with Gasteiger partial charge in [-0.25, -0.2) is 4.98 Å². The molecular weight excluding hydrogens is 337 g/mol. The van der Waals surface area contributed by atoms with Crippen LogP contribution in [-0.4, -0.2) is 20.6 Å². The Bertz CT molecular complexity index is 898. The van der Waals surface area contributed by atoms with E-state index in [1.54, 1.807) is 18.2 Å². The highest BCUT2D eigenvalue weighted by Gasteiger charge is 2.37. The van der Waals surface area contributed by atoms with Crippen LogP contribution in [0.2, 0.25) is 0 Å². The second-order valence-electron chi connectivity index (χ2n) is 5.42. The van der Waals surface area contributed by atoms with Crippen molar-refractivity contribution in [3.63, 3.8) is 0 Å². The zero-order chi connectivity index (χ0) is 18.0. The molecule has 0 bridgehead atoms. The van der Waals surface area contributed by atoms with E-state index < -0.39 is 24.5 Å². The minimum Gasteiger partial charge on any atom is -0.359 e. The molecule has 0 radical (unpaired) electrons. The van der Waals surface area contributed by atoms with E-state index >= 15 is 0 Å². The molecule has 0 aliphatic heterocycles. The number of nitrogens with one attached hydrogen (secondary N) is 1. The number of carbonyl (C=O) groups is 1. The van der Waals surface area contributed by atoms with Crippen molar-refractivity contribution < 1.29 is 22.5 Å². The van der Waals surface area contributed by atoms with E-state index in [1.165, 1.54) is 12.1 Å². The van der Waals surface area contributed by atoms with Crippen LogP contribution in [0.3, 0.4) is 0 Å². The molecule has 0 unspecified atom stereocenters. The Morgan fingerprint density at radius 3 is 2.76 bits per heavy atom. The van der Waals surface area contributed by atoms with E-state index in [-0.39, 0.29) is 17.6 Å².